The molecular formula is C16H21N3O2. The van der Waals surface area contributed by atoms with Crippen LogP contribution in [0.15, 0.2) is 24.3 Å². The Balaban J connectivity index is 2.01. The monoisotopic (exact) mass is 287 g/mol. The zero-order valence-electron chi connectivity index (χ0n) is 12.5. The van der Waals surface area contributed by atoms with Gasteiger partial charge in [0.1, 0.15) is 6.07 Å². The third-order valence-corrected chi connectivity index (χ3v) is 3.86. The predicted octanol–water partition coefficient (Wildman–Crippen LogP) is 2.00. The van der Waals surface area contributed by atoms with Crippen LogP contribution >= 0.6 is 0 Å². The van der Waals surface area contributed by atoms with Crippen molar-refractivity contribution in [2.24, 2.45) is 0 Å². The molecule has 0 aromatic heterocycles. The summed E-state index contributed by atoms with van der Waals surface area (Å²) in [6, 6.07) is 8.88. The van der Waals surface area contributed by atoms with E-state index in [-0.39, 0.29) is 18.1 Å². The lowest BCUT2D eigenvalue weighted by Crippen LogP contribution is -2.50. The Morgan fingerprint density at radius 1 is 1.57 bits per heavy atom. The number of benzene rings is 1. The number of hydrogen-bond acceptors (Lipinski definition) is 4. The Morgan fingerprint density at radius 2 is 2.33 bits per heavy atom. The lowest BCUT2D eigenvalue weighted by atomic mass is 10.1. The molecule has 1 aliphatic heterocycles. The van der Waals surface area contributed by atoms with Crippen LogP contribution in [0, 0.1) is 11.3 Å². The summed E-state index contributed by atoms with van der Waals surface area (Å²) < 4.78 is 5.63. The summed E-state index contributed by atoms with van der Waals surface area (Å²) in [6.45, 7) is 6.16. The van der Waals surface area contributed by atoms with Gasteiger partial charge in [-0.1, -0.05) is 19.1 Å². The van der Waals surface area contributed by atoms with Gasteiger partial charge in [-0.2, -0.15) is 5.26 Å². The fourth-order valence-electron chi connectivity index (χ4n) is 2.43. The second kappa shape index (κ2) is 7.21. The highest BCUT2D eigenvalue weighted by atomic mass is 16.5. The van der Waals surface area contributed by atoms with Crippen molar-refractivity contribution in [2.45, 2.75) is 32.4 Å². The number of carbonyl (C=O) groups excluding carboxylic acids is 1. The van der Waals surface area contributed by atoms with Crippen molar-refractivity contribution in [1.29, 1.82) is 5.26 Å². The van der Waals surface area contributed by atoms with Crippen LogP contribution in [-0.4, -0.2) is 42.6 Å². The molecule has 5 heteroatoms. The lowest BCUT2D eigenvalue weighted by molar-refractivity contribution is -0.124. The number of morpholine rings is 1. The highest BCUT2D eigenvalue weighted by Gasteiger charge is 2.27. The van der Waals surface area contributed by atoms with E-state index in [4.69, 9.17) is 10.00 Å². The van der Waals surface area contributed by atoms with E-state index in [1.54, 1.807) is 18.2 Å². The van der Waals surface area contributed by atoms with Gasteiger partial charge >= 0.3 is 0 Å². The normalized spacial score (nSPS) is 20.5. The van der Waals surface area contributed by atoms with E-state index < -0.39 is 0 Å². The Kier molecular flexibility index (Phi) is 5.32. The van der Waals surface area contributed by atoms with Gasteiger partial charge in [-0.15, -0.1) is 0 Å². The number of ether oxygens (including phenoxy) is 1. The Labute approximate surface area is 125 Å². The molecule has 0 spiro atoms. The molecule has 1 saturated heterocycles. The summed E-state index contributed by atoms with van der Waals surface area (Å²) in [4.78, 5) is 14.5. The Bertz CT molecular complexity index is 539. The van der Waals surface area contributed by atoms with Crippen LogP contribution in [0.1, 0.15) is 25.8 Å². The summed E-state index contributed by atoms with van der Waals surface area (Å²) in [7, 11) is 0. The van der Waals surface area contributed by atoms with Crippen LogP contribution in [0.4, 0.5) is 5.69 Å². The number of carbonyl (C=O) groups is 1. The molecule has 1 N–H and O–H groups in total. The fraction of sp³-hybridized carbons (Fsp3) is 0.500. The number of anilines is 1. The van der Waals surface area contributed by atoms with Crippen LogP contribution < -0.4 is 5.32 Å². The molecule has 0 radical (unpaired) electrons. The largest absolute Gasteiger partial charge is 0.376 e. The molecule has 2 atom stereocenters. The van der Waals surface area contributed by atoms with Crippen LogP contribution in [0.25, 0.3) is 0 Å². The van der Waals surface area contributed by atoms with Crippen molar-refractivity contribution < 1.29 is 9.53 Å². The predicted molar refractivity (Wildman–Crippen MR) is 80.9 cm³/mol. The molecule has 1 aliphatic rings. The van der Waals surface area contributed by atoms with Crippen molar-refractivity contribution in [3.63, 3.8) is 0 Å². The number of nitrogens with zero attached hydrogens (tertiary/aromatic N) is 2. The molecule has 0 saturated carbocycles. The number of nitrogens with one attached hydrogen (secondary N) is 1. The van der Waals surface area contributed by atoms with E-state index in [2.05, 4.69) is 23.2 Å². The number of rotatable bonds is 4. The summed E-state index contributed by atoms with van der Waals surface area (Å²) in [5.41, 5.74) is 1.05. The maximum absolute atomic E-state index is 12.4. The molecule has 1 amide bonds. The second-order valence-electron chi connectivity index (χ2n) is 5.22. The van der Waals surface area contributed by atoms with Crippen LogP contribution in [-0.2, 0) is 9.53 Å². The first-order chi connectivity index (χ1) is 10.2. The van der Waals surface area contributed by atoms with Crippen molar-refractivity contribution in [1.82, 2.24) is 4.90 Å². The highest BCUT2D eigenvalue weighted by molar-refractivity contribution is 5.95. The number of hydrogen-bond donors (Lipinski definition) is 1. The molecule has 5 nitrogen and oxygen atoms in total. The Morgan fingerprint density at radius 3 is 3.05 bits per heavy atom. The smallest absolute Gasteiger partial charge is 0.241 e. The minimum Gasteiger partial charge on any atom is -0.376 e. The SMILES string of the molecule is CCC1CN(C(C)C(=O)Nc2ccccc2C#N)CCO1. The zero-order valence-corrected chi connectivity index (χ0v) is 12.5. The minimum absolute atomic E-state index is 0.0885. The standard InChI is InChI=1S/C16H21N3O2/c1-3-14-11-19(8-9-21-14)12(2)16(20)18-15-7-5-4-6-13(15)10-17/h4-7,12,14H,3,8-9,11H2,1-2H3,(H,18,20). The molecule has 2 rings (SSSR count). The summed E-state index contributed by atoms with van der Waals surface area (Å²) in [6.07, 6.45) is 1.14. The minimum atomic E-state index is -0.241. The van der Waals surface area contributed by atoms with Gasteiger partial charge in [0, 0.05) is 13.1 Å². The highest BCUT2D eigenvalue weighted by Crippen LogP contribution is 2.16. The second-order valence-corrected chi connectivity index (χ2v) is 5.22. The van der Waals surface area contributed by atoms with E-state index in [1.807, 2.05) is 13.0 Å². The number of amides is 1. The molecule has 0 aliphatic carbocycles. The van der Waals surface area contributed by atoms with Gasteiger partial charge in [0.05, 0.1) is 30.0 Å². The topological polar surface area (TPSA) is 65.4 Å². The van der Waals surface area contributed by atoms with Crippen molar-refractivity contribution in [3.8, 4) is 6.07 Å². The first-order valence-electron chi connectivity index (χ1n) is 7.31. The maximum atomic E-state index is 12.4. The first-order valence-corrected chi connectivity index (χ1v) is 7.31. The average Bonchev–Trinajstić information content (AvgIpc) is 2.54. The van der Waals surface area contributed by atoms with E-state index in [0.717, 1.165) is 19.5 Å². The molecular weight excluding hydrogens is 266 g/mol. The van der Waals surface area contributed by atoms with Gasteiger partial charge in [0.15, 0.2) is 0 Å². The van der Waals surface area contributed by atoms with Gasteiger partial charge in [0.25, 0.3) is 0 Å². The van der Waals surface area contributed by atoms with E-state index in [0.29, 0.717) is 17.9 Å². The van der Waals surface area contributed by atoms with Crippen LogP contribution in [0.5, 0.6) is 0 Å². The average molecular weight is 287 g/mol. The molecule has 21 heavy (non-hydrogen) atoms. The van der Waals surface area contributed by atoms with Gasteiger partial charge < -0.3 is 10.1 Å². The third-order valence-electron chi connectivity index (χ3n) is 3.86. The van der Waals surface area contributed by atoms with Crippen molar-refractivity contribution >= 4 is 11.6 Å². The maximum Gasteiger partial charge on any atom is 0.241 e. The van der Waals surface area contributed by atoms with E-state index in [9.17, 15) is 4.79 Å². The first kappa shape index (κ1) is 15.5. The van der Waals surface area contributed by atoms with Crippen LogP contribution in [0.2, 0.25) is 0 Å². The van der Waals surface area contributed by atoms with Crippen LogP contribution in [0.3, 0.4) is 0 Å². The molecule has 112 valence electrons. The van der Waals surface area contributed by atoms with Gasteiger partial charge in [-0.25, -0.2) is 0 Å². The fourth-order valence-corrected chi connectivity index (χ4v) is 2.43. The number of para-hydroxylation sites is 1. The third kappa shape index (κ3) is 3.81. The van der Waals surface area contributed by atoms with E-state index in [1.165, 1.54) is 0 Å². The molecule has 1 aromatic carbocycles. The van der Waals surface area contributed by atoms with Crippen molar-refractivity contribution in [2.75, 3.05) is 25.0 Å². The van der Waals surface area contributed by atoms with Crippen molar-refractivity contribution in [3.05, 3.63) is 29.8 Å². The Hall–Kier alpha value is -1.90. The molecule has 0 bridgehead atoms. The number of nitriles is 1. The van der Waals surface area contributed by atoms with Gasteiger partial charge in [-0.05, 0) is 25.5 Å². The summed E-state index contributed by atoms with van der Waals surface area (Å²) in [5, 5.41) is 11.9. The quantitative estimate of drug-likeness (QED) is 0.920. The molecule has 1 heterocycles. The van der Waals surface area contributed by atoms with E-state index >= 15 is 0 Å². The molecule has 2 unspecified atom stereocenters. The van der Waals surface area contributed by atoms with Gasteiger partial charge in [0.2, 0.25) is 5.91 Å². The molecule has 1 fully saturated rings. The molecule has 1 aromatic rings. The lowest BCUT2D eigenvalue weighted by Gasteiger charge is -2.35. The zero-order chi connectivity index (χ0) is 15.2. The summed E-state index contributed by atoms with van der Waals surface area (Å²) >= 11 is 0. The van der Waals surface area contributed by atoms with Gasteiger partial charge in [-0.3, -0.25) is 9.69 Å². The summed E-state index contributed by atoms with van der Waals surface area (Å²) in [5.74, 6) is -0.0885.